The molecular formula is C18H17F3N6O2. The van der Waals surface area contributed by atoms with Crippen molar-refractivity contribution >= 4 is 11.7 Å². The molecule has 11 heteroatoms. The van der Waals surface area contributed by atoms with Crippen LogP contribution in [-0.4, -0.2) is 45.3 Å². The molecule has 2 N–H and O–H groups in total. The second kappa shape index (κ2) is 8.59. The molecule has 0 radical (unpaired) electrons. The number of carbonyl (C=O) groups excluding carboxylic acids is 1. The fourth-order valence-electron chi connectivity index (χ4n) is 2.41. The van der Waals surface area contributed by atoms with Crippen molar-refractivity contribution in [1.82, 2.24) is 25.3 Å². The van der Waals surface area contributed by atoms with Crippen molar-refractivity contribution in [2.24, 2.45) is 0 Å². The Bertz CT molecular complexity index is 972. The molecule has 0 unspecified atom stereocenters. The molecule has 1 amide bonds. The van der Waals surface area contributed by atoms with Gasteiger partial charge in [-0.15, -0.1) is 23.4 Å². The van der Waals surface area contributed by atoms with Gasteiger partial charge >= 0.3 is 6.36 Å². The molecule has 2 heterocycles. The minimum absolute atomic E-state index is 0.154. The summed E-state index contributed by atoms with van der Waals surface area (Å²) in [6.45, 7) is 2.31. The Morgan fingerprint density at radius 1 is 1.10 bits per heavy atom. The molecule has 0 atom stereocenters. The fourth-order valence-corrected chi connectivity index (χ4v) is 2.41. The molecule has 0 aliphatic heterocycles. The van der Waals surface area contributed by atoms with E-state index < -0.39 is 18.0 Å². The van der Waals surface area contributed by atoms with E-state index in [-0.39, 0.29) is 12.1 Å². The van der Waals surface area contributed by atoms with E-state index in [1.165, 1.54) is 18.2 Å². The lowest BCUT2D eigenvalue weighted by Crippen LogP contribution is -2.30. The summed E-state index contributed by atoms with van der Waals surface area (Å²) in [4.78, 5) is 12.1. The second-order valence-electron chi connectivity index (χ2n) is 5.91. The number of nitrogens with zero attached hydrogens (tertiary/aromatic N) is 4. The van der Waals surface area contributed by atoms with Crippen LogP contribution in [0.15, 0.2) is 48.7 Å². The Morgan fingerprint density at radius 2 is 1.90 bits per heavy atom. The van der Waals surface area contributed by atoms with Crippen LogP contribution >= 0.6 is 0 Å². The molecule has 0 spiro atoms. The Morgan fingerprint density at radius 3 is 2.55 bits per heavy atom. The van der Waals surface area contributed by atoms with E-state index in [1.54, 1.807) is 23.0 Å². The average Bonchev–Trinajstić information content (AvgIpc) is 3.11. The summed E-state index contributed by atoms with van der Waals surface area (Å²) in [5.41, 5.74) is 0.649. The van der Waals surface area contributed by atoms with Crippen LogP contribution in [0.2, 0.25) is 0 Å². The molecule has 29 heavy (non-hydrogen) atoms. The smallest absolute Gasteiger partial charge is 0.405 e. The molecule has 0 fully saturated rings. The molecule has 2 aromatic heterocycles. The number of anilines is 1. The molecular weight excluding hydrogens is 389 g/mol. The summed E-state index contributed by atoms with van der Waals surface area (Å²) < 4.78 is 42.8. The van der Waals surface area contributed by atoms with Crippen molar-refractivity contribution in [2.45, 2.75) is 13.3 Å². The Balaban J connectivity index is 1.50. The maximum atomic E-state index is 12.4. The molecule has 8 nitrogen and oxygen atoms in total. The molecule has 0 saturated carbocycles. The fraction of sp³-hybridized carbons (Fsp3) is 0.222. The van der Waals surface area contributed by atoms with Gasteiger partial charge in [-0.3, -0.25) is 4.79 Å². The minimum atomic E-state index is -4.88. The van der Waals surface area contributed by atoms with Gasteiger partial charge in [-0.2, -0.15) is 5.10 Å². The number of hydrogen-bond acceptors (Lipinski definition) is 6. The van der Waals surface area contributed by atoms with Crippen LogP contribution in [0.5, 0.6) is 5.75 Å². The standard InChI is InChI=1S/C18H17F3N6O2/c1-12-8-11-27(26-12)16-7-6-15(24-25-16)22-9-10-23-17(28)13-4-2-3-5-14(13)29-18(19,20)21/h2-8,11H,9-10H2,1H3,(H,22,24)(H,23,28). The maximum Gasteiger partial charge on any atom is 0.573 e. The number of carbonyl (C=O) groups is 1. The zero-order chi connectivity index (χ0) is 20.9. The van der Waals surface area contributed by atoms with Gasteiger partial charge in [0.05, 0.1) is 11.3 Å². The third-order valence-corrected chi connectivity index (χ3v) is 3.68. The zero-order valence-corrected chi connectivity index (χ0v) is 15.3. The van der Waals surface area contributed by atoms with Gasteiger partial charge in [0.25, 0.3) is 5.91 Å². The maximum absolute atomic E-state index is 12.4. The predicted octanol–water partition coefficient (Wildman–Crippen LogP) is 2.71. The van der Waals surface area contributed by atoms with Gasteiger partial charge in [-0.1, -0.05) is 12.1 Å². The molecule has 152 valence electrons. The average molecular weight is 406 g/mol. The van der Waals surface area contributed by atoms with E-state index in [2.05, 4.69) is 30.7 Å². The number of rotatable bonds is 7. The highest BCUT2D eigenvalue weighted by atomic mass is 19.4. The normalized spacial score (nSPS) is 11.2. The quantitative estimate of drug-likeness (QED) is 0.586. The van der Waals surface area contributed by atoms with Crippen LogP contribution in [-0.2, 0) is 0 Å². The SMILES string of the molecule is Cc1ccn(-c2ccc(NCCNC(=O)c3ccccc3OC(F)(F)F)nn2)n1. The van der Waals surface area contributed by atoms with Gasteiger partial charge < -0.3 is 15.4 Å². The minimum Gasteiger partial charge on any atom is -0.405 e. The summed E-state index contributed by atoms with van der Waals surface area (Å²) in [6, 6.07) is 10.4. The number of halogens is 3. The second-order valence-corrected chi connectivity index (χ2v) is 5.91. The van der Waals surface area contributed by atoms with Crippen LogP contribution in [0.3, 0.4) is 0 Å². The number of aromatic nitrogens is 4. The van der Waals surface area contributed by atoms with E-state index >= 15 is 0 Å². The third-order valence-electron chi connectivity index (χ3n) is 3.68. The first-order chi connectivity index (χ1) is 13.8. The number of aryl methyl sites for hydroxylation is 1. The van der Waals surface area contributed by atoms with E-state index in [9.17, 15) is 18.0 Å². The van der Waals surface area contributed by atoms with Crippen molar-refractivity contribution < 1.29 is 22.7 Å². The molecule has 0 aliphatic rings. The highest BCUT2D eigenvalue weighted by molar-refractivity contribution is 5.96. The topological polar surface area (TPSA) is 94.0 Å². The first kappa shape index (κ1) is 20.1. The molecule has 0 aliphatic carbocycles. The molecule has 0 saturated heterocycles. The van der Waals surface area contributed by atoms with Crippen LogP contribution in [0.1, 0.15) is 16.1 Å². The summed E-state index contributed by atoms with van der Waals surface area (Å²) in [5, 5.41) is 17.8. The Kier molecular flexibility index (Phi) is 5.96. The van der Waals surface area contributed by atoms with E-state index in [0.717, 1.165) is 11.8 Å². The number of para-hydroxylation sites is 1. The third kappa shape index (κ3) is 5.67. The van der Waals surface area contributed by atoms with Crippen molar-refractivity contribution in [2.75, 3.05) is 18.4 Å². The van der Waals surface area contributed by atoms with Gasteiger partial charge in [-0.25, -0.2) is 4.68 Å². The lowest BCUT2D eigenvalue weighted by molar-refractivity contribution is -0.274. The van der Waals surface area contributed by atoms with Crippen LogP contribution in [0.25, 0.3) is 5.82 Å². The zero-order valence-electron chi connectivity index (χ0n) is 15.3. The number of benzene rings is 1. The van der Waals surface area contributed by atoms with Crippen LogP contribution in [0.4, 0.5) is 19.0 Å². The van der Waals surface area contributed by atoms with Crippen LogP contribution < -0.4 is 15.4 Å². The predicted molar refractivity (Wildman–Crippen MR) is 97.8 cm³/mol. The van der Waals surface area contributed by atoms with Gasteiger partial charge in [0, 0.05) is 19.3 Å². The summed E-state index contributed by atoms with van der Waals surface area (Å²) >= 11 is 0. The van der Waals surface area contributed by atoms with E-state index in [0.29, 0.717) is 18.2 Å². The van der Waals surface area contributed by atoms with Crippen LogP contribution in [0, 0.1) is 6.92 Å². The van der Waals surface area contributed by atoms with E-state index in [1.807, 2.05) is 13.0 Å². The Labute approximate surface area is 163 Å². The molecule has 3 rings (SSSR count). The van der Waals surface area contributed by atoms with Gasteiger partial charge in [0.1, 0.15) is 11.6 Å². The van der Waals surface area contributed by atoms with Gasteiger partial charge in [0.15, 0.2) is 5.82 Å². The monoisotopic (exact) mass is 406 g/mol. The largest absolute Gasteiger partial charge is 0.573 e. The van der Waals surface area contributed by atoms with Gasteiger partial charge in [-0.05, 0) is 37.3 Å². The summed E-state index contributed by atoms with van der Waals surface area (Å²) in [7, 11) is 0. The van der Waals surface area contributed by atoms with E-state index in [4.69, 9.17) is 0 Å². The molecule has 1 aromatic carbocycles. The number of hydrogen-bond donors (Lipinski definition) is 2. The summed E-state index contributed by atoms with van der Waals surface area (Å²) in [6.07, 6.45) is -3.11. The van der Waals surface area contributed by atoms with Crippen molar-refractivity contribution in [3.05, 3.63) is 59.9 Å². The highest BCUT2D eigenvalue weighted by Crippen LogP contribution is 2.26. The Hall–Kier alpha value is -3.63. The number of alkyl halides is 3. The van der Waals surface area contributed by atoms with Crippen molar-refractivity contribution in [3.8, 4) is 11.6 Å². The highest BCUT2D eigenvalue weighted by Gasteiger charge is 2.32. The number of nitrogens with one attached hydrogen (secondary N) is 2. The lowest BCUT2D eigenvalue weighted by atomic mass is 10.2. The lowest BCUT2D eigenvalue weighted by Gasteiger charge is -2.13. The molecule has 3 aromatic rings. The van der Waals surface area contributed by atoms with Crippen molar-refractivity contribution in [1.29, 1.82) is 0 Å². The molecule has 0 bridgehead atoms. The number of amides is 1. The van der Waals surface area contributed by atoms with Gasteiger partial charge in [0.2, 0.25) is 0 Å². The first-order valence-electron chi connectivity index (χ1n) is 8.55. The summed E-state index contributed by atoms with van der Waals surface area (Å²) in [5.74, 6) is -0.200. The first-order valence-corrected chi connectivity index (χ1v) is 8.55. The number of ether oxygens (including phenoxy) is 1. The van der Waals surface area contributed by atoms with Crippen molar-refractivity contribution in [3.63, 3.8) is 0 Å².